The van der Waals surface area contributed by atoms with Gasteiger partial charge in [-0.25, -0.2) is 0 Å². The van der Waals surface area contributed by atoms with E-state index >= 15 is 0 Å². The van der Waals surface area contributed by atoms with Crippen molar-refractivity contribution in [3.8, 4) is 0 Å². The number of hydrogen-bond acceptors (Lipinski definition) is 0. The molecule has 0 heterocycles. The van der Waals surface area contributed by atoms with E-state index in [0.29, 0.717) is 5.41 Å². The van der Waals surface area contributed by atoms with Gasteiger partial charge in [-0.2, -0.15) is 0 Å². The summed E-state index contributed by atoms with van der Waals surface area (Å²) in [4.78, 5) is 0. The van der Waals surface area contributed by atoms with Crippen LogP contribution in [0.2, 0.25) is 0 Å². The Bertz CT molecular complexity index is 282. The van der Waals surface area contributed by atoms with Crippen LogP contribution in [-0.2, 0) is 0 Å². The molecule has 2 aliphatic rings. The summed E-state index contributed by atoms with van der Waals surface area (Å²) in [6.07, 6.45) is 11.6. The highest BCUT2D eigenvalue weighted by Crippen LogP contribution is 2.54. The lowest BCUT2D eigenvalue weighted by Crippen LogP contribution is -2.27. The van der Waals surface area contributed by atoms with Crippen molar-refractivity contribution in [3.05, 3.63) is 23.3 Å². The van der Waals surface area contributed by atoms with Gasteiger partial charge in [-0.3, -0.25) is 0 Å². The fourth-order valence-corrected chi connectivity index (χ4v) is 3.42. The molecule has 2 aliphatic carbocycles. The zero-order valence-electron chi connectivity index (χ0n) is 9.77. The smallest absolute Gasteiger partial charge is 0.0109 e. The van der Waals surface area contributed by atoms with Crippen LogP contribution in [0.3, 0.4) is 0 Å². The van der Waals surface area contributed by atoms with E-state index < -0.39 is 0 Å². The Morgan fingerprint density at radius 2 is 2.14 bits per heavy atom. The molecule has 0 aromatic heterocycles. The van der Waals surface area contributed by atoms with Crippen molar-refractivity contribution in [3.63, 3.8) is 0 Å². The van der Waals surface area contributed by atoms with Crippen LogP contribution in [0.1, 0.15) is 52.9 Å². The molecule has 1 saturated carbocycles. The molecule has 0 N–H and O–H groups in total. The summed E-state index contributed by atoms with van der Waals surface area (Å²) in [5, 5.41) is 0. The molecule has 0 aromatic carbocycles. The number of hydrogen-bond donors (Lipinski definition) is 0. The zero-order chi connectivity index (χ0) is 10.2. The normalized spacial score (nSPS) is 38.1. The van der Waals surface area contributed by atoms with Gasteiger partial charge in [-0.1, -0.05) is 31.1 Å². The van der Waals surface area contributed by atoms with Gasteiger partial charge in [0.05, 0.1) is 0 Å². The van der Waals surface area contributed by atoms with Crippen LogP contribution in [0, 0.1) is 11.3 Å². The molecule has 0 radical (unpaired) electrons. The van der Waals surface area contributed by atoms with Crippen LogP contribution in [0.15, 0.2) is 23.3 Å². The van der Waals surface area contributed by atoms with Crippen molar-refractivity contribution >= 4 is 0 Å². The number of fused-ring (bicyclic) bond motifs is 1. The van der Waals surface area contributed by atoms with Gasteiger partial charge in [0, 0.05) is 0 Å². The lowest BCUT2D eigenvalue weighted by molar-refractivity contribution is 0.226. The van der Waals surface area contributed by atoms with E-state index in [2.05, 4.69) is 32.9 Å². The molecule has 2 rings (SSSR count). The maximum Gasteiger partial charge on any atom is -0.0109 e. The van der Waals surface area contributed by atoms with E-state index in [1.807, 2.05) is 0 Å². The molecule has 0 aliphatic heterocycles. The van der Waals surface area contributed by atoms with E-state index in [1.165, 1.54) is 32.1 Å². The van der Waals surface area contributed by atoms with E-state index in [1.54, 1.807) is 11.1 Å². The molecule has 0 saturated heterocycles. The maximum absolute atomic E-state index is 2.50. The predicted molar refractivity (Wildman–Crippen MR) is 62.2 cm³/mol. The van der Waals surface area contributed by atoms with Gasteiger partial charge in [0.15, 0.2) is 0 Å². The maximum atomic E-state index is 2.50. The molecule has 0 unspecified atom stereocenters. The van der Waals surface area contributed by atoms with Gasteiger partial charge in [-0.15, -0.1) is 0 Å². The van der Waals surface area contributed by atoms with Crippen LogP contribution in [0.25, 0.3) is 0 Å². The second kappa shape index (κ2) is 3.56. The first-order chi connectivity index (χ1) is 6.67. The van der Waals surface area contributed by atoms with E-state index in [4.69, 9.17) is 0 Å². The zero-order valence-corrected chi connectivity index (χ0v) is 9.77. The van der Waals surface area contributed by atoms with Crippen molar-refractivity contribution in [2.45, 2.75) is 52.9 Å². The third kappa shape index (κ3) is 1.45. The summed E-state index contributed by atoms with van der Waals surface area (Å²) >= 11 is 0. The van der Waals surface area contributed by atoms with Crippen LogP contribution in [0.5, 0.6) is 0 Å². The van der Waals surface area contributed by atoms with Crippen molar-refractivity contribution in [1.29, 1.82) is 0 Å². The quantitative estimate of drug-likeness (QED) is 0.572. The second-order valence-corrected chi connectivity index (χ2v) is 5.33. The Morgan fingerprint density at radius 3 is 2.86 bits per heavy atom. The van der Waals surface area contributed by atoms with E-state index in [9.17, 15) is 0 Å². The highest BCUT2D eigenvalue weighted by atomic mass is 14.5. The molecule has 0 heteroatoms. The average molecular weight is 190 g/mol. The minimum Gasteiger partial charge on any atom is -0.0874 e. The highest BCUT2D eigenvalue weighted by Gasteiger charge is 2.42. The minimum atomic E-state index is 0.633. The third-order valence-electron chi connectivity index (χ3n) is 4.37. The van der Waals surface area contributed by atoms with Gasteiger partial charge in [0.25, 0.3) is 0 Å². The van der Waals surface area contributed by atoms with E-state index in [-0.39, 0.29) is 0 Å². The Hall–Kier alpha value is -0.520. The molecule has 78 valence electrons. The lowest BCUT2D eigenvalue weighted by Gasteiger charge is -2.38. The topological polar surface area (TPSA) is 0 Å². The van der Waals surface area contributed by atoms with Crippen LogP contribution < -0.4 is 0 Å². The Kier molecular flexibility index (Phi) is 2.55. The number of allylic oxidation sites excluding steroid dienone is 4. The first-order valence-electron chi connectivity index (χ1n) is 6.00. The SMILES string of the molecule is CC=CC1=C(C)CC[C@]2(C)CCC[C@H]12. The van der Waals surface area contributed by atoms with Crippen LogP contribution >= 0.6 is 0 Å². The van der Waals surface area contributed by atoms with Crippen molar-refractivity contribution in [1.82, 2.24) is 0 Å². The Morgan fingerprint density at radius 1 is 1.36 bits per heavy atom. The minimum absolute atomic E-state index is 0.633. The van der Waals surface area contributed by atoms with Crippen LogP contribution in [0.4, 0.5) is 0 Å². The van der Waals surface area contributed by atoms with Crippen molar-refractivity contribution in [2.75, 3.05) is 0 Å². The first kappa shape index (κ1) is 10.0. The number of rotatable bonds is 1. The van der Waals surface area contributed by atoms with Gasteiger partial charge in [0.1, 0.15) is 0 Å². The first-order valence-corrected chi connectivity index (χ1v) is 6.00. The summed E-state index contributed by atoms with van der Waals surface area (Å²) in [6.45, 7) is 6.97. The standard InChI is InChI=1S/C14H22/c1-4-6-12-11(2)8-10-14(3)9-5-7-13(12)14/h4,6,13H,5,7-10H2,1-3H3/t13-,14+/m1/s1. The molecule has 1 fully saturated rings. The average Bonchev–Trinajstić information content (AvgIpc) is 2.54. The summed E-state index contributed by atoms with van der Waals surface area (Å²) < 4.78 is 0. The molecule has 0 spiro atoms. The molecule has 2 atom stereocenters. The van der Waals surface area contributed by atoms with Crippen molar-refractivity contribution in [2.24, 2.45) is 11.3 Å². The highest BCUT2D eigenvalue weighted by molar-refractivity contribution is 5.32. The summed E-state index contributed by atoms with van der Waals surface area (Å²) in [7, 11) is 0. The lowest BCUT2D eigenvalue weighted by atomic mass is 9.67. The van der Waals surface area contributed by atoms with Gasteiger partial charge in [0.2, 0.25) is 0 Å². The largest absolute Gasteiger partial charge is 0.0874 e. The predicted octanol–water partition coefficient (Wildman–Crippen LogP) is 4.48. The Labute approximate surface area is 88.1 Å². The summed E-state index contributed by atoms with van der Waals surface area (Å²) in [5.74, 6) is 0.868. The summed E-state index contributed by atoms with van der Waals surface area (Å²) in [5.41, 5.74) is 3.94. The molecule has 0 aromatic rings. The summed E-state index contributed by atoms with van der Waals surface area (Å²) in [6, 6.07) is 0. The third-order valence-corrected chi connectivity index (χ3v) is 4.37. The fraction of sp³-hybridized carbons (Fsp3) is 0.714. The Balaban J connectivity index is 2.35. The van der Waals surface area contributed by atoms with Crippen LogP contribution in [-0.4, -0.2) is 0 Å². The monoisotopic (exact) mass is 190 g/mol. The molecule has 0 amide bonds. The molecule has 0 bridgehead atoms. The van der Waals surface area contributed by atoms with Gasteiger partial charge in [-0.05, 0) is 56.4 Å². The van der Waals surface area contributed by atoms with Gasteiger partial charge < -0.3 is 0 Å². The van der Waals surface area contributed by atoms with E-state index in [0.717, 1.165) is 5.92 Å². The van der Waals surface area contributed by atoms with Crippen molar-refractivity contribution < 1.29 is 0 Å². The fourth-order valence-electron chi connectivity index (χ4n) is 3.42. The van der Waals surface area contributed by atoms with Gasteiger partial charge >= 0.3 is 0 Å². The second-order valence-electron chi connectivity index (χ2n) is 5.33. The molecule has 0 nitrogen and oxygen atoms in total. The molecule has 14 heavy (non-hydrogen) atoms. The molecular formula is C14H22. The molecular weight excluding hydrogens is 168 g/mol.